The average Bonchev–Trinajstić information content (AvgIpc) is 3.09. The highest BCUT2D eigenvalue weighted by Gasteiger charge is 2.41. The van der Waals surface area contributed by atoms with Gasteiger partial charge in [-0.05, 0) is 37.7 Å². The lowest BCUT2D eigenvalue weighted by Gasteiger charge is -2.15. The summed E-state index contributed by atoms with van der Waals surface area (Å²) in [5.41, 5.74) is 0.275. The minimum absolute atomic E-state index is 0.264. The number of nitrogens with zero attached hydrogens (tertiary/aromatic N) is 2. The predicted molar refractivity (Wildman–Crippen MR) is 83.6 cm³/mol. The Hall–Kier alpha value is -1.40. The van der Waals surface area contributed by atoms with Crippen LogP contribution in [0.4, 0.5) is 11.8 Å². The molecule has 108 valence electrons. The molecule has 0 bridgehead atoms. The largest absolute Gasteiger partial charge is 0.396 e. The monoisotopic (exact) mass is 292 g/mol. The van der Waals surface area contributed by atoms with Crippen LogP contribution >= 0.6 is 11.3 Å². The Morgan fingerprint density at radius 1 is 1.40 bits per heavy atom. The van der Waals surface area contributed by atoms with Crippen molar-refractivity contribution in [2.24, 2.45) is 5.41 Å². The topological polar surface area (TPSA) is 70.1 Å². The van der Waals surface area contributed by atoms with Crippen molar-refractivity contribution < 1.29 is 5.11 Å². The van der Waals surface area contributed by atoms with Crippen LogP contribution < -0.4 is 10.6 Å². The van der Waals surface area contributed by atoms with Crippen molar-refractivity contribution in [2.45, 2.75) is 26.2 Å². The summed E-state index contributed by atoms with van der Waals surface area (Å²) in [6.45, 7) is 3.22. The number of fused-ring (bicyclic) bond motifs is 1. The molecule has 2 aromatic rings. The molecule has 3 N–H and O–H groups in total. The maximum absolute atomic E-state index is 9.13. The van der Waals surface area contributed by atoms with Crippen LogP contribution in [0.25, 0.3) is 10.2 Å². The van der Waals surface area contributed by atoms with E-state index in [4.69, 9.17) is 5.11 Å². The lowest BCUT2D eigenvalue weighted by Crippen LogP contribution is -2.17. The number of rotatable bonds is 6. The standard InChI is InChI=1S/C14H20N4OS/c1-9-7-10-11(16-8-14(3-4-14)5-6-19)17-13(15-2)18-12(10)20-9/h7,19H,3-6,8H2,1-2H3,(H2,15,16,17,18). The first-order valence-corrected chi connectivity index (χ1v) is 7.78. The summed E-state index contributed by atoms with van der Waals surface area (Å²) in [5.74, 6) is 1.54. The molecular weight excluding hydrogens is 272 g/mol. The predicted octanol–water partition coefficient (Wildman–Crippen LogP) is 2.62. The van der Waals surface area contributed by atoms with Gasteiger partial charge in [0.15, 0.2) is 0 Å². The highest BCUT2D eigenvalue weighted by Crippen LogP contribution is 2.48. The third-order valence-electron chi connectivity index (χ3n) is 3.97. The number of hydrogen-bond donors (Lipinski definition) is 3. The van der Waals surface area contributed by atoms with E-state index in [1.54, 1.807) is 11.3 Å². The molecule has 2 heterocycles. The third-order valence-corrected chi connectivity index (χ3v) is 4.91. The Labute approximate surface area is 122 Å². The van der Waals surface area contributed by atoms with Crippen molar-refractivity contribution in [3.63, 3.8) is 0 Å². The molecule has 0 unspecified atom stereocenters. The molecule has 0 atom stereocenters. The van der Waals surface area contributed by atoms with Crippen molar-refractivity contribution in [3.05, 3.63) is 10.9 Å². The lowest BCUT2D eigenvalue weighted by molar-refractivity contribution is 0.253. The summed E-state index contributed by atoms with van der Waals surface area (Å²) in [6, 6.07) is 2.13. The Bertz CT molecular complexity index is 621. The Morgan fingerprint density at radius 2 is 2.20 bits per heavy atom. The molecule has 3 rings (SSSR count). The SMILES string of the molecule is CNc1nc(NCC2(CCO)CC2)c2cc(C)sc2n1. The minimum atomic E-state index is 0.264. The quantitative estimate of drug-likeness (QED) is 0.763. The normalized spacial score (nSPS) is 16.4. The van der Waals surface area contributed by atoms with Gasteiger partial charge >= 0.3 is 0 Å². The molecule has 1 saturated carbocycles. The van der Waals surface area contributed by atoms with Crippen LogP contribution in [0, 0.1) is 12.3 Å². The second-order valence-electron chi connectivity index (χ2n) is 5.55. The maximum atomic E-state index is 9.13. The first kappa shape index (κ1) is 13.6. The summed E-state index contributed by atoms with van der Waals surface area (Å²) >= 11 is 1.68. The zero-order valence-electron chi connectivity index (χ0n) is 11.9. The van der Waals surface area contributed by atoms with Gasteiger partial charge in [0.2, 0.25) is 5.95 Å². The fraction of sp³-hybridized carbons (Fsp3) is 0.571. The summed E-state index contributed by atoms with van der Waals surface area (Å²) in [5, 5.41) is 16.7. The van der Waals surface area contributed by atoms with Crippen LogP contribution in [0.1, 0.15) is 24.1 Å². The fourth-order valence-electron chi connectivity index (χ4n) is 2.49. The average molecular weight is 292 g/mol. The zero-order chi connectivity index (χ0) is 14.2. The molecule has 0 radical (unpaired) electrons. The van der Waals surface area contributed by atoms with Gasteiger partial charge in [0, 0.05) is 25.1 Å². The van der Waals surface area contributed by atoms with E-state index in [9.17, 15) is 0 Å². The van der Waals surface area contributed by atoms with E-state index in [1.165, 1.54) is 17.7 Å². The molecule has 0 amide bonds. The number of thiophene rings is 1. The van der Waals surface area contributed by atoms with E-state index in [-0.39, 0.29) is 12.0 Å². The zero-order valence-corrected chi connectivity index (χ0v) is 12.7. The lowest BCUT2D eigenvalue weighted by atomic mass is 10.0. The van der Waals surface area contributed by atoms with Gasteiger partial charge in [-0.1, -0.05) is 0 Å². The van der Waals surface area contributed by atoms with Gasteiger partial charge in [-0.2, -0.15) is 4.98 Å². The Morgan fingerprint density at radius 3 is 2.85 bits per heavy atom. The van der Waals surface area contributed by atoms with Crippen molar-refractivity contribution in [2.75, 3.05) is 30.8 Å². The van der Waals surface area contributed by atoms with Crippen LogP contribution in [-0.2, 0) is 0 Å². The highest BCUT2D eigenvalue weighted by atomic mass is 32.1. The van der Waals surface area contributed by atoms with Crippen molar-refractivity contribution >= 4 is 33.3 Å². The van der Waals surface area contributed by atoms with Crippen LogP contribution in [0.5, 0.6) is 0 Å². The Kier molecular flexibility index (Phi) is 3.52. The number of hydrogen-bond acceptors (Lipinski definition) is 6. The van der Waals surface area contributed by atoms with Gasteiger partial charge in [0.25, 0.3) is 0 Å². The van der Waals surface area contributed by atoms with E-state index in [1.807, 2.05) is 7.05 Å². The number of aromatic nitrogens is 2. The summed E-state index contributed by atoms with van der Waals surface area (Å²) in [6.07, 6.45) is 3.25. The van der Waals surface area contributed by atoms with Gasteiger partial charge in [-0.25, -0.2) is 4.98 Å². The van der Waals surface area contributed by atoms with Gasteiger partial charge in [-0.15, -0.1) is 11.3 Å². The highest BCUT2D eigenvalue weighted by molar-refractivity contribution is 7.18. The van der Waals surface area contributed by atoms with Crippen LogP contribution in [0.15, 0.2) is 6.07 Å². The smallest absolute Gasteiger partial charge is 0.225 e. The van der Waals surface area contributed by atoms with Crippen molar-refractivity contribution in [1.29, 1.82) is 0 Å². The number of aryl methyl sites for hydroxylation is 1. The van der Waals surface area contributed by atoms with Crippen LogP contribution in [0.3, 0.4) is 0 Å². The first-order chi connectivity index (χ1) is 9.65. The van der Waals surface area contributed by atoms with Gasteiger partial charge < -0.3 is 15.7 Å². The molecule has 1 aliphatic carbocycles. The van der Waals surface area contributed by atoms with Crippen molar-refractivity contribution in [3.8, 4) is 0 Å². The molecule has 6 heteroatoms. The molecule has 2 aromatic heterocycles. The van der Waals surface area contributed by atoms with Crippen molar-refractivity contribution in [1.82, 2.24) is 9.97 Å². The molecule has 0 aliphatic heterocycles. The van der Waals surface area contributed by atoms with E-state index in [2.05, 4.69) is 33.6 Å². The molecule has 0 spiro atoms. The molecule has 1 fully saturated rings. The second-order valence-corrected chi connectivity index (χ2v) is 6.78. The number of aliphatic hydroxyl groups excluding tert-OH is 1. The molecule has 0 saturated heterocycles. The van der Waals surface area contributed by atoms with E-state index >= 15 is 0 Å². The number of aliphatic hydroxyl groups is 1. The van der Waals surface area contributed by atoms with Gasteiger partial charge in [-0.3, -0.25) is 0 Å². The fourth-order valence-corrected chi connectivity index (χ4v) is 3.37. The first-order valence-electron chi connectivity index (χ1n) is 6.96. The van der Waals surface area contributed by atoms with Gasteiger partial charge in [0.1, 0.15) is 10.6 Å². The summed E-state index contributed by atoms with van der Waals surface area (Å²) in [7, 11) is 1.83. The van der Waals surface area contributed by atoms with Crippen LogP contribution in [0.2, 0.25) is 0 Å². The maximum Gasteiger partial charge on any atom is 0.225 e. The second kappa shape index (κ2) is 5.18. The summed E-state index contributed by atoms with van der Waals surface area (Å²) < 4.78 is 0. The van der Waals surface area contributed by atoms with Crippen LogP contribution in [-0.4, -0.2) is 35.3 Å². The third kappa shape index (κ3) is 2.58. The minimum Gasteiger partial charge on any atom is -0.396 e. The molecule has 0 aromatic carbocycles. The molecule has 20 heavy (non-hydrogen) atoms. The number of anilines is 2. The Balaban J connectivity index is 1.86. The molecule has 1 aliphatic rings. The van der Waals surface area contributed by atoms with E-state index < -0.39 is 0 Å². The van der Waals surface area contributed by atoms with E-state index in [0.29, 0.717) is 5.95 Å². The molecule has 5 nitrogen and oxygen atoms in total. The molecular formula is C14H20N4OS. The summed E-state index contributed by atoms with van der Waals surface area (Å²) in [4.78, 5) is 11.3. The van der Waals surface area contributed by atoms with Gasteiger partial charge in [0.05, 0.1) is 5.39 Å². The van der Waals surface area contributed by atoms with E-state index in [0.717, 1.165) is 29.0 Å². The number of nitrogens with one attached hydrogen (secondary N) is 2.